The van der Waals surface area contributed by atoms with Gasteiger partial charge in [-0.05, 0) is 36.9 Å². The normalized spacial score (nSPS) is 12.2. The molecule has 0 saturated heterocycles. The Morgan fingerprint density at radius 1 is 1.40 bits per heavy atom. The summed E-state index contributed by atoms with van der Waals surface area (Å²) in [6, 6.07) is 7.67. The molecule has 5 heteroatoms. The molecule has 3 nitrogen and oxygen atoms in total. The van der Waals surface area contributed by atoms with Gasteiger partial charge in [-0.3, -0.25) is 4.98 Å². The first-order valence-corrected chi connectivity index (χ1v) is 6.72. The van der Waals surface area contributed by atoms with Gasteiger partial charge in [-0.2, -0.15) is 0 Å². The third kappa shape index (κ3) is 3.08. The maximum Gasteiger partial charge on any atom is 0.142 e. The van der Waals surface area contributed by atoms with Crippen molar-refractivity contribution in [2.24, 2.45) is 0 Å². The first-order chi connectivity index (χ1) is 9.67. The van der Waals surface area contributed by atoms with E-state index in [2.05, 4.69) is 10.3 Å². The molecular formula is C15H16ClFN2O. The Morgan fingerprint density at radius 3 is 2.90 bits per heavy atom. The minimum absolute atomic E-state index is 0.326. The monoisotopic (exact) mass is 294 g/mol. The SMILES string of the molecule is CCNC(c1cc(Cl)ccc1F)c1ncccc1OC. The quantitative estimate of drug-likeness (QED) is 0.915. The molecule has 1 atom stereocenters. The summed E-state index contributed by atoms with van der Waals surface area (Å²) in [5.74, 6) is 0.283. The van der Waals surface area contributed by atoms with Crippen LogP contribution in [-0.4, -0.2) is 18.6 Å². The molecule has 1 aromatic carbocycles. The van der Waals surface area contributed by atoms with Crippen LogP contribution in [0.25, 0.3) is 0 Å². The summed E-state index contributed by atoms with van der Waals surface area (Å²) in [5, 5.41) is 3.70. The maximum absolute atomic E-state index is 14.1. The molecule has 1 N–H and O–H groups in total. The molecule has 1 aromatic heterocycles. The topological polar surface area (TPSA) is 34.2 Å². The number of hydrogen-bond acceptors (Lipinski definition) is 3. The lowest BCUT2D eigenvalue weighted by Gasteiger charge is -2.20. The Hall–Kier alpha value is -1.65. The second-order valence-electron chi connectivity index (χ2n) is 4.25. The third-order valence-electron chi connectivity index (χ3n) is 2.97. The minimum atomic E-state index is -0.408. The highest BCUT2D eigenvalue weighted by Crippen LogP contribution is 2.30. The van der Waals surface area contributed by atoms with Crippen molar-refractivity contribution < 1.29 is 9.13 Å². The van der Waals surface area contributed by atoms with Gasteiger partial charge < -0.3 is 10.1 Å². The number of rotatable bonds is 5. The number of methoxy groups -OCH3 is 1. The van der Waals surface area contributed by atoms with Crippen LogP contribution in [0.4, 0.5) is 4.39 Å². The van der Waals surface area contributed by atoms with Gasteiger partial charge in [0.15, 0.2) is 0 Å². The summed E-state index contributed by atoms with van der Waals surface area (Å²) in [6.07, 6.45) is 1.66. The molecular weight excluding hydrogens is 279 g/mol. The van der Waals surface area contributed by atoms with Crippen molar-refractivity contribution in [3.8, 4) is 5.75 Å². The van der Waals surface area contributed by atoms with Crippen LogP contribution in [0, 0.1) is 5.82 Å². The molecule has 106 valence electrons. The number of nitrogens with one attached hydrogen (secondary N) is 1. The highest BCUT2D eigenvalue weighted by Gasteiger charge is 2.22. The minimum Gasteiger partial charge on any atom is -0.495 e. The highest BCUT2D eigenvalue weighted by molar-refractivity contribution is 6.30. The second kappa shape index (κ2) is 6.68. The van der Waals surface area contributed by atoms with Gasteiger partial charge >= 0.3 is 0 Å². The molecule has 0 aliphatic rings. The number of nitrogens with zero attached hydrogens (tertiary/aromatic N) is 1. The van der Waals surface area contributed by atoms with E-state index in [1.54, 1.807) is 31.5 Å². The number of aromatic nitrogens is 1. The van der Waals surface area contributed by atoms with Crippen LogP contribution in [0.1, 0.15) is 24.2 Å². The van der Waals surface area contributed by atoms with Crippen LogP contribution >= 0.6 is 11.6 Å². The van der Waals surface area contributed by atoms with E-state index in [4.69, 9.17) is 16.3 Å². The molecule has 1 heterocycles. The lowest BCUT2D eigenvalue weighted by atomic mass is 10.0. The Labute approximate surface area is 122 Å². The molecule has 0 saturated carbocycles. The Bertz CT molecular complexity index is 592. The van der Waals surface area contributed by atoms with Gasteiger partial charge in [-0.25, -0.2) is 4.39 Å². The van der Waals surface area contributed by atoms with Gasteiger partial charge in [0.05, 0.1) is 13.2 Å². The van der Waals surface area contributed by atoms with Crippen molar-refractivity contribution in [1.29, 1.82) is 0 Å². The van der Waals surface area contributed by atoms with Gasteiger partial charge in [-0.15, -0.1) is 0 Å². The predicted octanol–water partition coefficient (Wildman–Crippen LogP) is 3.58. The van der Waals surface area contributed by atoms with E-state index in [1.165, 1.54) is 12.1 Å². The summed E-state index contributed by atoms with van der Waals surface area (Å²) < 4.78 is 19.4. The first-order valence-electron chi connectivity index (χ1n) is 6.34. The zero-order valence-electron chi connectivity index (χ0n) is 11.4. The average Bonchev–Trinajstić information content (AvgIpc) is 2.47. The van der Waals surface area contributed by atoms with Crippen LogP contribution in [0.5, 0.6) is 5.75 Å². The number of benzene rings is 1. The zero-order valence-corrected chi connectivity index (χ0v) is 12.1. The lowest BCUT2D eigenvalue weighted by Crippen LogP contribution is -2.24. The molecule has 0 amide bonds. The fourth-order valence-corrected chi connectivity index (χ4v) is 2.27. The average molecular weight is 295 g/mol. The van der Waals surface area contributed by atoms with Crippen LogP contribution in [0.15, 0.2) is 36.5 Å². The molecule has 20 heavy (non-hydrogen) atoms. The van der Waals surface area contributed by atoms with Crippen molar-refractivity contribution in [3.05, 3.63) is 58.6 Å². The van der Waals surface area contributed by atoms with Gasteiger partial charge in [0, 0.05) is 16.8 Å². The van der Waals surface area contributed by atoms with Crippen molar-refractivity contribution in [1.82, 2.24) is 10.3 Å². The smallest absolute Gasteiger partial charge is 0.142 e. The number of pyridine rings is 1. The van der Waals surface area contributed by atoms with E-state index in [1.807, 2.05) is 6.92 Å². The van der Waals surface area contributed by atoms with Gasteiger partial charge in [0.1, 0.15) is 17.3 Å². The summed E-state index contributed by atoms with van der Waals surface area (Å²) in [7, 11) is 1.57. The Morgan fingerprint density at radius 2 is 2.20 bits per heavy atom. The summed E-state index contributed by atoms with van der Waals surface area (Å²) >= 11 is 5.98. The van der Waals surface area contributed by atoms with E-state index in [-0.39, 0.29) is 5.82 Å². The van der Waals surface area contributed by atoms with Crippen molar-refractivity contribution >= 4 is 11.6 Å². The number of halogens is 2. The molecule has 0 bridgehead atoms. The number of ether oxygens (including phenoxy) is 1. The fraction of sp³-hybridized carbons (Fsp3) is 0.267. The molecule has 0 spiro atoms. The van der Waals surface area contributed by atoms with Gasteiger partial charge in [0.2, 0.25) is 0 Å². The standard InChI is InChI=1S/C15H16ClFN2O/c1-3-18-14(11-9-10(16)6-7-12(11)17)15-13(20-2)5-4-8-19-15/h4-9,14,18H,3H2,1-2H3. The molecule has 2 aromatic rings. The first kappa shape index (κ1) is 14.8. The fourth-order valence-electron chi connectivity index (χ4n) is 2.09. The predicted molar refractivity (Wildman–Crippen MR) is 77.7 cm³/mol. The lowest BCUT2D eigenvalue weighted by molar-refractivity contribution is 0.399. The number of hydrogen-bond donors (Lipinski definition) is 1. The van der Waals surface area contributed by atoms with Crippen molar-refractivity contribution in [2.45, 2.75) is 13.0 Å². The molecule has 0 fully saturated rings. The Kier molecular flexibility index (Phi) is 4.93. The van der Waals surface area contributed by atoms with Crippen LogP contribution in [0.3, 0.4) is 0 Å². The zero-order chi connectivity index (χ0) is 14.5. The molecule has 2 rings (SSSR count). The van der Waals surface area contributed by atoms with Crippen molar-refractivity contribution in [3.63, 3.8) is 0 Å². The van der Waals surface area contributed by atoms with E-state index in [0.29, 0.717) is 28.6 Å². The maximum atomic E-state index is 14.1. The van der Waals surface area contributed by atoms with Crippen LogP contribution in [-0.2, 0) is 0 Å². The highest BCUT2D eigenvalue weighted by atomic mass is 35.5. The summed E-state index contributed by atoms with van der Waals surface area (Å²) in [6.45, 7) is 2.61. The van der Waals surface area contributed by atoms with E-state index >= 15 is 0 Å². The van der Waals surface area contributed by atoms with E-state index < -0.39 is 6.04 Å². The molecule has 1 unspecified atom stereocenters. The molecule has 0 radical (unpaired) electrons. The largest absolute Gasteiger partial charge is 0.495 e. The second-order valence-corrected chi connectivity index (χ2v) is 4.68. The Balaban J connectivity index is 2.53. The van der Waals surface area contributed by atoms with E-state index in [0.717, 1.165) is 0 Å². The van der Waals surface area contributed by atoms with Crippen LogP contribution in [0.2, 0.25) is 5.02 Å². The summed E-state index contributed by atoms with van der Waals surface area (Å²) in [5.41, 5.74) is 1.09. The van der Waals surface area contributed by atoms with Gasteiger partial charge in [0.25, 0.3) is 0 Å². The summed E-state index contributed by atoms with van der Waals surface area (Å²) in [4.78, 5) is 4.32. The van der Waals surface area contributed by atoms with Crippen LogP contribution < -0.4 is 10.1 Å². The molecule has 0 aliphatic heterocycles. The third-order valence-corrected chi connectivity index (χ3v) is 3.21. The van der Waals surface area contributed by atoms with Crippen molar-refractivity contribution in [2.75, 3.05) is 13.7 Å². The van der Waals surface area contributed by atoms with E-state index in [9.17, 15) is 4.39 Å². The molecule has 0 aliphatic carbocycles. The van der Waals surface area contributed by atoms with Gasteiger partial charge in [-0.1, -0.05) is 18.5 Å².